The van der Waals surface area contributed by atoms with Crippen LogP contribution < -0.4 is 5.32 Å². The molecule has 0 bridgehead atoms. The van der Waals surface area contributed by atoms with Crippen LogP contribution in [-0.4, -0.2) is 11.5 Å². The van der Waals surface area contributed by atoms with E-state index in [1.807, 2.05) is 6.07 Å². The molecule has 0 aliphatic rings. The predicted octanol–water partition coefficient (Wildman–Crippen LogP) is 3.75. The summed E-state index contributed by atoms with van der Waals surface area (Å²) in [5, 5.41) is 14.0. The van der Waals surface area contributed by atoms with E-state index in [1.165, 1.54) is 0 Å². The van der Waals surface area contributed by atoms with Gasteiger partial charge in [-0.2, -0.15) is 0 Å². The number of benzene rings is 1. The van der Waals surface area contributed by atoms with Gasteiger partial charge in [-0.3, -0.25) is 10.1 Å². The van der Waals surface area contributed by atoms with E-state index in [0.717, 1.165) is 25.1 Å². The highest BCUT2D eigenvalue weighted by molar-refractivity contribution is 5.53. The lowest BCUT2D eigenvalue weighted by molar-refractivity contribution is -0.385. The first-order valence-electron chi connectivity index (χ1n) is 6.07. The normalized spacial score (nSPS) is 10.6. The minimum atomic E-state index is -0.347. The van der Waals surface area contributed by atoms with E-state index in [2.05, 4.69) is 19.2 Å². The van der Waals surface area contributed by atoms with Crippen molar-refractivity contribution in [2.75, 3.05) is 11.9 Å². The Balaban J connectivity index is 2.67. The second-order valence-electron chi connectivity index (χ2n) is 4.32. The van der Waals surface area contributed by atoms with Crippen LogP contribution in [0.5, 0.6) is 0 Å². The van der Waals surface area contributed by atoms with Crippen molar-refractivity contribution in [3.05, 3.63) is 33.9 Å². The van der Waals surface area contributed by atoms with Crippen molar-refractivity contribution < 1.29 is 4.92 Å². The third-order valence-electron chi connectivity index (χ3n) is 3.14. The van der Waals surface area contributed by atoms with Crippen molar-refractivity contribution in [2.45, 2.75) is 33.6 Å². The lowest BCUT2D eigenvalue weighted by Gasteiger charge is -2.14. The minimum Gasteiger partial charge on any atom is -0.385 e. The fourth-order valence-electron chi connectivity index (χ4n) is 1.81. The highest BCUT2D eigenvalue weighted by atomic mass is 16.6. The van der Waals surface area contributed by atoms with Gasteiger partial charge in [-0.05, 0) is 25.0 Å². The van der Waals surface area contributed by atoms with E-state index in [1.54, 1.807) is 19.1 Å². The van der Waals surface area contributed by atoms with Gasteiger partial charge in [0.1, 0.15) is 0 Å². The summed E-state index contributed by atoms with van der Waals surface area (Å²) in [6.07, 6.45) is 2.30. The van der Waals surface area contributed by atoms with Crippen LogP contribution in [0.1, 0.15) is 32.3 Å². The Labute approximate surface area is 102 Å². The minimum absolute atomic E-state index is 0.179. The first kappa shape index (κ1) is 13.5. The average Bonchev–Trinajstić information content (AvgIpc) is 2.30. The molecule has 0 heterocycles. The fraction of sp³-hybridized carbons (Fsp3) is 0.538. The maximum atomic E-state index is 10.7. The Morgan fingerprint density at radius 2 is 2.00 bits per heavy atom. The molecule has 0 aliphatic heterocycles. The summed E-state index contributed by atoms with van der Waals surface area (Å²) >= 11 is 0. The molecule has 4 heteroatoms. The Hall–Kier alpha value is -1.58. The SMILES string of the molecule is CCC(CC)CNc1ccc([N+](=O)[O-])c(C)c1. The molecule has 0 atom stereocenters. The van der Waals surface area contributed by atoms with Gasteiger partial charge in [0.2, 0.25) is 0 Å². The van der Waals surface area contributed by atoms with Crippen LogP contribution in [0, 0.1) is 23.0 Å². The van der Waals surface area contributed by atoms with Crippen LogP contribution >= 0.6 is 0 Å². The van der Waals surface area contributed by atoms with E-state index in [-0.39, 0.29) is 10.6 Å². The molecule has 94 valence electrons. The molecule has 0 aliphatic carbocycles. The summed E-state index contributed by atoms with van der Waals surface area (Å²) in [6.45, 7) is 7.04. The van der Waals surface area contributed by atoms with Gasteiger partial charge in [0, 0.05) is 23.9 Å². The molecule has 0 radical (unpaired) electrons. The van der Waals surface area contributed by atoms with Gasteiger partial charge in [-0.1, -0.05) is 26.7 Å². The van der Waals surface area contributed by atoms with Crippen molar-refractivity contribution >= 4 is 11.4 Å². The lowest BCUT2D eigenvalue weighted by Crippen LogP contribution is -2.12. The number of nitro benzene ring substituents is 1. The number of nitrogens with zero attached hydrogens (tertiary/aromatic N) is 1. The molecule has 4 nitrogen and oxygen atoms in total. The Bertz CT molecular complexity index is 387. The Kier molecular flexibility index (Phi) is 4.94. The van der Waals surface area contributed by atoms with Crippen molar-refractivity contribution in [2.24, 2.45) is 5.92 Å². The quantitative estimate of drug-likeness (QED) is 0.604. The second-order valence-corrected chi connectivity index (χ2v) is 4.32. The van der Waals surface area contributed by atoms with Crippen LogP contribution in [0.15, 0.2) is 18.2 Å². The molecule has 0 saturated carbocycles. The molecular formula is C13H20N2O2. The smallest absolute Gasteiger partial charge is 0.272 e. The molecule has 0 saturated heterocycles. The number of nitro groups is 1. The third-order valence-corrected chi connectivity index (χ3v) is 3.14. The maximum absolute atomic E-state index is 10.7. The molecule has 1 aromatic rings. The topological polar surface area (TPSA) is 55.2 Å². The van der Waals surface area contributed by atoms with Crippen molar-refractivity contribution in [1.29, 1.82) is 0 Å². The number of aryl methyl sites for hydroxylation is 1. The van der Waals surface area contributed by atoms with E-state index >= 15 is 0 Å². The van der Waals surface area contributed by atoms with Gasteiger partial charge in [0.05, 0.1) is 4.92 Å². The van der Waals surface area contributed by atoms with E-state index in [0.29, 0.717) is 11.5 Å². The van der Waals surface area contributed by atoms with Gasteiger partial charge in [-0.25, -0.2) is 0 Å². The largest absolute Gasteiger partial charge is 0.385 e. The highest BCUT2D eigenvalue weighted by Crippen LogP contribution is 2.22. The Morgan fingerprint density at radius 1 is 1.35 bits per heavy atom. The number of hydrogen-bond donors (Lipinski definition) is 1. The number of anilines is 1. The first-order chi connectivity index (χ1) is 8.08. The molecule has 17 heavy (non-hydrogen) atoms. The summed E-state index contributed by atoms with van der Waals surface area (Å²) in [6, 6.07) is 5.17. The lowest BCUT2D eigenvalue weighted by atomic mass is 10.0. The van der Waals surface area contributed by atoms with Crippen LogP contribution in [0.4, 0.5) is 11.4 Å². The average molecular weight is 236 g/mol. The molecule has 0 aromatic heterocycles. The monoisotopic (exact) mass is 236 g/mol. The van der Waals surface area contributed by atoms with Crippen LogP contribution in [0.3, 0.4) is 0 Å². The fourth-order valence-corrected chi connectivity index (χ4v) is 1.81. The van der Waals surface area contributed by atoms with Gasteiger partial charge in [0.25, 0.3) is 5.69 Å². The van der Waals surface area contributed by atoms with Gasteiger partial charge < -0.3 is 5.32 Å². The van der Waals surface area contributed by atoms with Crippen LogP contribution in [-0.2, 0) is 0 Å². The van der Waals surface area contributed by atoms with Crippen molar-refractivity contribution in [1.82, 2.24) is 0 Å². The maximum Gasteiger partial charge on any atom is 0.272 e. The second kappa shape index (κ2) is 6.23. The van der Waals surface area contributed by atoms with E-state index < -0.39 is 0 Å². The molecule has 0 unspecified atom stereocenters. The molecule has 1 N–H and O–H groups in total. The molecule has 0 fully saturated rings. The number of rotatable bonds is 6. The molecule has 1 aromatic carbocycles. The van der Waals surface area contributed by atoms with Gasteiger partial charge in [-0.15, -0.1) is 0 Å². The zero-order valence-corrected chi connectivity index (χ0v) is 10.7. The zero-order chi connectivity index (χ0) is 12.8. The highest BCUT2D eigenvalue weighted by Gasteiger charge is 2.10. The summed E-state index contributed by atoms with van der Waals surface area (Å²) in [5.41, 5.74) is 1.84. The molecule has 0 spiro atoms. The van der Waals surface area contributed by atoms with Crippen LogP contribution in [0.2, 0.25) is 0 Å². The number of hydrogen-bond acceptors (Lipinski definition) is 3. The van der Waals surface area contributed by atoms with E-state index in [9.17, 15) is 10.1 Å². The van der Waals surface area contributed by atoms with Crippen molar-refractivity contribution in [3.8, 4) is 0 Å². The standard InChI is InChI=1S/C13H20N2O2/c1-4-11(5-2)9-14-12-6-7-13(15(16)17)10(3)8-12/h6-8,11,14H,4-5,9H2,1-3H3. The zero-order valence-electron chi connectivity index (χ0n) is 10.7. The van der Waals surface area contributed by atoms with Crippen molar-refractivity contribution in [3.63, 3.8) is 0 Å². The summed E-state index contributed by atoms with van der Waals surface area (Å²) < 4.78 is 0. The number of nitrogens with one attached hydrogen (secondary N) is 1. The molecular weight excluding hydrogens is 216 g/mol. The van der Waals surface area contributed by atoms with E-state index in [4.69, 9.17) is 0 Å². The third kappa shape index (κ3) is 3.73. The summed E-state index contributed by atoms with van der Waals surface area (Å²) in [7, 11) is 0. The Morgan fingerprint density at radius 3 is 2.47 bits per heavy atom. The molecule has 1 rings (SSSR count). The first-order valence-corrected chi connectivity index (χ1v) is 6.07. The van der Waals surface area contributed by atoms with Gasteiger partial charge in [0.15, 0.2) is 0 Å². The summed E-state index contributed by atoms with van der Waals surface area (Å²) in [5.74, 6) is 0.658. The van der Waals surface area contributed by atoms with Crippen LogP contribution in [0.25, 0.3) is 0 Å². The van der Waals surface area contributed by atoms with Gasteiger partial charge >= 0.3 is 0 Å². The predicted molar refractivity (Wildman–Crippen MR) is 70.4 cm³/mol. The summed E-state index contributed by atoms with van der Waals surface area (Å²) in [4.78, 5) is 10.3. The molecule has 0 amide bonds.